The molecular weight excluding hydrogens is 454 g/mol. The first-order valence-electron chi connectivity index (χ1n) is 13.7. The second-order valence-corrected chi connectivity index (χ2v) is 18.3. The van der Waals surface area contributed by atoms with Gasteiger partial charge in [-0.05, 0) is 84.2 Å². The Morgan fingerprint density at radius 2 is 1.64 bits per heavy atom. The van der Waals surface area contributed by atoms with E-state index in [1.807, 2.05) is 0 Å². The summed E-state index contributed by atoms with van der Waals surface area (Å²) in [5, 5.41) is 6.75. The van der Waals surface area contributed by atoms with Crippen molar-refractivity contribution in [1.29, 1.82) is 0 Å². The number of fused-ring (bicyclic) bond motifs is 3. The van der Waals surface area contributed by atoms with E-state index in [0.717, 1.165) is 11.5 Å². The summed E-state index contributed by atoms with van der Waals surface area (Å²) in [6.45, 7) is 16.7. The highest BCUT2D eigenvalue weighted by Crippen LogP contribution is 2.52. The Kier molecular flexibility index (Phi) is 5.22. The molecular formula is C33H40NOSi+. The smallest absolute Gasteiger partial charge is 0.228 e. The van der Waals surface area contributed by atoms with Gasteiger partial charge in [-0.25, -0.2) is 4.57 Å². The lowest BCUT2D eigenvalue weighted by Crippen LogP contribution is -2.37. The van der Waals surface area contributed by atoms with Crippen LogP contribution >= 0.6 is 0 Å². The molecule has 4 aromatic rings. The van der Waals surface area contributed by atoms with Gasteiger partial charge in [0.2, 0.25) is 5.69 Å². The highest BCUT2D eigenvalue weighted by molar-refractivity contribution is 6.88. The Labute approximate surface area is 217 Å². The van der Waals surface area contributed by atoms with E-state index in [4.69, 9.17) is 4.74 Å². The minimum absolute atomic E-state index is 0.475. The van der Waals surface area contributed by atoms with Crippen molar-refractivity contribution in [1.82, 2.24) is 0 Å². The highest BCUT2D eigenvalue weighted by Gasteiger charge is 2.34. The fraction of sp³-hybridized carbons (Fsp3) is 0.424. The van der Waals surface area contributed by atoms with Gasteiger partial charge in [0.1, 0.15) is 18.5 Å². The van der Waals surface area contributed by atoms with Crippen molar-refractivity contribution in [3.05, 3.63) is 59.3 Å². The van der Waals surface area contributed by atoms with Gasteiger partial charge in [0, 0.05) is 11.6 Å². The van der Waals surface area contributed by atoms with Crippen molar-refractivity contribution < 1.29 is 9.30 Å². The van der Waals surface area contributed by atoms with Gasteiger partial charge in [0.15, 0.2) is 6.20 Å². The van der Waals surface area contributed by atoms with E-state index in [1.165, 1.54) is 80.4 Å². The Morgan fingerprint density at radius 1 is 0.917 bits per heavy atom. The van der Waals surface area contributed by atoms with Gasteiger partial charge in [-0.1, -0.05) is 62.9 Å². The van der Waals surface area contributed by atoms with Crippen LogP contribution < -0.4 is 14.5 Å². The number of benzene rings is 3. The van der Waals surface area contributed by atoms with Crippen molar-refractivity contribution in [2.24, 2.45) is 12.5 Å². The number of aromatic nitrogens is 1. The van der Waals surface area contributed by atoms with E-state index < -0.39 is 8.07 Å². The standard InChI is InChI=1S/C33H40NOSi/c1-20-26-10-9-25(36(6,7)8)19-27(26)21(2)32-29(20)31-30-23(13-16-34(31)5)17-24(18-28(30)35-32)22-11-14-33(3,4)15-12-22/h9-10,13,16-19,22H,11-12,14-15H2,1-8H3/q+1. The average Bonchev–Trinajstić information content (AvgIpc) is 2.83. The summed E-state index contributed by atoms with van der Waals surface area (Å²) in [5.74, 6) is 2.71. The molecule has 186 valence electrons. The molecule has 0 atom stereocenters. The van der Waals surface area contributed by atoms with Crippen LogP contribution in [0.3, 0.4) is 0 Å². The molecule has 1 aromatic heterocycles. The number of nitrogens with zero attached hydrogens (tertiary/aromatic N) is 1. The monoisotopic (exact) mass is 494 g/mol. The van der Waals surface area contributed by atoms with Gasteiger partial charge in [0.05, 0.1) is 19.0 Å². The lowest BCUT2D eigenvalue weighted by Gasteiger charge is -2.35. The minimum Gasteiger partial charge on any atom is -0.455 e. The zero-order valence-electron chi connectivity index (χ0n) is 23.3. The van der Waals surface area contributed by atoms with Crippen LogP contribution in [-0.4, -0.2) is 8.07 Å². The highest BCUT2D eigenvalue weighted by atomic mass is 28.3. The van der Waals surface area contributed by atoms with Gasteiger partial charge in [-0.15, -0.1) is 0 Å². The Balaban J connectivity index is 1.58. The molecule has 2 nitrogen and oxygen atoms in total. The number of ether oxygens (including phenoxy) is 1. The zero-order valence-corrected chi connectivity index (χ0v) is 24.3. The molecule has 36 heavy (non-hydrogen) atoms. The van der Waals surface area contributed by atoms with Gasteiger partial charge in [-0.3, -0.25) is 0 Å². The molecule has 6 rings (SSSR count). The van der Waals surface area contributed by atoms with Gasteiger partial charge in [-0.2, -0.15) is 0 Å². The first kappa shape index (κ1) is 23.7. The van der Waals surface area contributed by atoms with Crippen molar-refractivity contribution in [2.75, 3.05) is 0 Å². The predicted molar refractivity (Wildman–Crippen MR) is 156 cm³/mol. The third-order valence-corrected chi connectivity index (χ3v) is 11.2. The molecule has 0 N–H and O–H groups in total. The fourth-order valence-corrected chi connectivity index (χ4v) is 7.78. The van der Waals surface area contributed by atoms with Crippen LogP contribution in [0.1, 0.15) is 62.1 Å². The predicted octanol–water partition coefficient (Wildman–Crippen LogP) is 8.44. The van der Waals surface area contributed by atoms with E-state index >= 15 is 0 Å². The van der Waals surface area contributed by atoms with Crippen LogP contribution in [0.4, 0.5) is 0 Å². The van der Waals surface area contributed by atoms with E-state index in [1.54, 1.807) is 0 Å². The van der Waals surface area contributed by atoms with Crippen LogP contribution in [-0.2, 0) is 7.05 Å². The summed E-state index contributed by atoms with van der Waals surface area (Å²) in [7, 11) is 0.764. The molecule has 0 amide bonds. The summed E-state index contributed by atoms with van der Waals surface area (Å²) in [6.07, 6.45) is 7.37. The Hall–Kier alpha value is -2.65. The largest absolute Gasteiger partial charge is 0.455 e. The number of hydrogen-bond acceptors (Lipinski definition) is 1. The normalized spacial score (nSPS) is 17.3. The second kappa shape index (κ2) is 7.92. The van der Waals surface area contributed by atoms with Crippen LogP contribution in [0, 0.1) is 19.3 Å². The molecule has 2 heterocycles. The van der Waals surface area contributed by atoms with Gasteiger partial charge in [0.25, 0.3) is 0 Å². The Bertz CT molecular complexity index is 1550. The summed E-state index contributed by atoms with van der Waals surface area (Å²) in [4.78, 5) is 0. The van der Waals surface area contributed by atoms with E-state index in [9.17, 15) is 0 Å². The third-order valence-electron chi connectivity index (χ3n) is 9.12. The topological polar surface area (TPSA) is 13.1 Å². The van der Waals surface area contributed by atoms with Crippen LogP contribution in [0.2, 0.25) is 19.6 Å². The van der Waals surface area contributed by atoms with Crippen molar-refractivity contribution in [3.63, 3.8) is 0 Å². The maximum absolute atomic E-state index is 6.92. The molecule has 1 aliphatic carbocycles. The lowest BCUT2D eigenvalue weighted by atomic mass is 9.71. The van der Waals surface area contributed by atoms with Gasteiger partial charge >= 0.3 is 0 Å². The first-order valence-corrected chi connectivity index (χ1v) is 17.2. The van der Waals surface area contributed by atoms with E-state index in [0.29, 0.717) is 11.3 Å². The number of aryl methyl sites for hydroxylation is 3. The summed E-state index contributed by atoms with van der Waals surface area (Å²) >= 11 is 0. The minimum atomic E-state index is -1.41. The quantitative estimate of drug-likeness (QED) is 0.177. The molecule has 0 radical (unpaired) electrons. The molecule has 0 unspecified atom stereocenters. The van der Waals surface area contributed by atoms with Crippen LogP contribution in [0.25, 0.3) is 32.8 Å². The molecule has 1 fully saturated rings. The number of hydrogen-bond donors (Lipinski definition) is 0. The molecule has 3 heteroatoms. The SMILES string of the molecule is Cc1c2c(c(C)c3ccc([Si](C)(C)C)cc13)-c1c3c(cc(C4CCC(C)(C)CC4)cc3cc[n+]1C)O2. The average molecular weight is 495 g/mol. The maximum atomic E-state index is 6.92. The molecule has 1 aliphatic heterocycles. The summed E-state index contributed by atoms with van der Waals surface area (Å²) < 4.78 is 9.22. The Morgan fingerprint density at radius 3 is 2.33 bits per heavy atom. The molecule has 0 bridgehead atoms. The summed E-state index contributed by atoms with van der Waals surface area (Å²) in [6, 6.07) is 14.3. The van der Waals surface area contributed by atoms with Crippen molar-refractivity contribution in [3.8, 4) is 22.8 Å². The number of pyridine rings is 1. The van der Waals surface area contributed by atoms with Crippen LogP contribution in [0.5, 0.6) is 11.5 Å². The maximum Gasteiger partial charge on any atom is 0.228 e. The molecule has 3 aromatic carbocycles. The number of rotatable bonds is 2. The molecule has 1 saturated carbocycles. The second-order valence-electron chi connectivity index (χ2n) is 13.3. The third kappa shape index (κ3) is 3.62. The molecule has 2 aliphatic rings. The van der Waals surface area contributed by atoms with E-state index in [2.05, 4.69) is 102 Å². The van der Waals surface area contributed by atoms with Gasteiger partial charge < -0.3 is 4.74 Å². The molecule has 0 spiro atoms. The zero-order chi connectivity index (χ0) is 25.6. The van der Waals surface area contributed by atoms with Crippen molar-refractivity contribution in [2.45, 2.75) is 78.9 Å². The van der Waals surface area contributed by atoms with Crippen molar-refractivity contribution >= 4 is 34.8 Å². The van der Waals surface area contributed by atoms with Crippen LogP contribution in [0.15, 0.2) is 42.6 Å². The molecule has 0 saturated heterocycles. The first-order chi connectivity index (χ1) is 16.9. The summed E-state index contributed by atoms with van der Waals surface area (Å²) in [5.41, 5.74) is 7.05. The lowest BCUT2D eigenvalue weighted by molar-refractivity contribution is -0.659. The van der Waals surface area contributed by atoms with E-state index in [-0.39, 0.29) is 0 Å². The fourth-order valence-electron chi connectivity index (χ4n) is 6.62.